The molecule has 0 spiro atoms. The first-order chi connectivity index (χ1) is 12.3. The molecule has 6 nitrogen and oxygen atoms in total. The highest BCUT2D eigenvalue weighted by Gasteiger charge is 2.20. The molecule has 0 bridgehead atoms. The van der Waals surface area contributed by atoms with Crippen LogP contribution in [0.5, 0.6) is 0 Å². The summed E-state index contributed by atoms with van der Waals surface area (Å²) in [6.45, 7) is 5.56. The lowest BCUT2D eigenvalue weighted by atomic mass is 10.3. The van der Waals surface area contributed by atoms with Gasteiger partial charge in [0.15, 0.2) is 0 Å². The maximum atomic E-state index is 12.4. The molecule has 0 aliphatic rings. The van der Waals surface area contributed by atoms with Crippen molar-refractivity contribution in [2.24, 2.45) is 0 Å². The second-order valence-electron chi connectivity index (χ2n) is 5.43. The number of aryl methyl sites for hydroxylation is 2. The fourth-order valence-corrected chi connectivity index (χ4v) is 4.20. The van der Waals surface area contributed by atoms with Crippen molar-refractivity contribution in [1.82, 2.24) is 15.2 Å². The summed E-state index contributed by atoms with van der Waals surface area (Å²) in [6.07, 6.45) is 0. The van der Waals surface area contributed by atoms with Crippen LogP contribution in [-0.4, -0.2) is 26.3 Å². The first kappa shape index (κ1) is 19.2. The zero-order chi connectivity index (χ0) is 18.8. The maximum Gasteiger partial charge on any atom is 0.277 e. The van der Waals surface area contributed by atoms with E-state index in [-0.39, 0.29) is 5.91 Å². The van der Waals surface area contributed by atoms with E-state index >= 15 is 0 Å². The van der Waals surface area contributed by atoms with Gasteiger partial charge in [0.2, 0.25) is 5.91 Å². The van der Waals surface area contributed by atoms with Gasteiger partial charge in [-0.05, 0) is 39.0 Å². The van der Waals surface area contributed by atoms with E-state index in [1.54, 1.807) is 25.1 Å². The molecule has 0 saturated heterocycles. The molecule has 0 saturated carbocycles. The van der Waals surface area contributed by atoms with E-state index in [4.69, 9.17) is 27.6 Å². The number of amides is 1. The Morgan fingerprint density at radius 3 is 2.54 bits per heavy atom. The van der Waals surface area contributed by atoms with Crippen molar-refractivity contribution < 1.29 is 9.21 Å². The molecule has 0 aliphatic heterocycles. The third-order valence-electron chi connectivity index (χ3n) is 3.28. The third kappa shape index (κ3) is 4.56. The van der Waals surface area contributed by atoms with E-state index in [1.807, 2.05) is 13.8 Å². The van der Waals surface area contributed by atoms with Gasteiger partial charge in [-0.1, -0.05) is 35.0 Å². The summed E-state index contributed by atoms with van der Waals surface area (Å²) in [4.78, 5) is 17.5. The van der Waals surface area contributed by atoms with Gasteiger partial charge in [-0.3, -0.25) is 4.79 Å². The number of thioether (sulfide) groups is 1. The molecule has 136 valence electrons. The number of benzene rings is 1. The van der Waals surface area contributed by atoms with Gasteiger partial charge >= 0.3 is 0 Å². The molecule has 1 aromatic carbocycles. The Morgan fingerprint density at radius 2 is 1.92 bits per heavy atom. The second-order valence-corrected chi connectivity index (χ2v) is 8.80. The van der Waals surface area contributed by atoms with Crippen molar-refractivity contribution in [3.8, 4) is 10.8 Å². The molecule has 26 heavy (non-hydrogen) atoms. The number of hydrogen-bond acceptors (Lipinski definition) is 7. The summed E-state index contributed by atoms with van der Waals surface area (Å²) in [5, 5.41) is 12.5. The summed E-state index contributed by atoms with van der Waals surface area (Å²) >= 11 is 14.5. The number of thiazole rings is 1. The molecule has 1 atom stereocenters. The van der Waals surface area contributed by atoms with Crippen LogP contribution < -0.4 is 5.32 Å². The Kier molecular flexibility index (Phi) is 5.86. The van der Waals surface area contributed by atoms with Crippen molar-refractivity contribution in [2.75, 3.05) is 5.32 Å². The number of halogens is 2. The standard InChI is InChI=1S/C16H14Cl2N4O2S2/c1-7-13(26-9(3)19-7)15-21-22-16(24-15)25-8(2)14(23)20-12-5-10(17)4-11(18)6-12/h4-6,8H,1-3H3,(H,20,23). The van der Waals surface area contributed by atoms with E-state index < -0.39 is 5.25 Å². The normalized spacial score (nSPS) is 12.2. The smallest absolute Gasteiger partial charge is 0.277 e. The number of hydrogen-bond donors (Lipinski definition) is 1. The lowest BCUT2D eigenvalue weighted by Crippen LogP contribution is -2.22. The van der Waals surface area contributed by atoms with E-state index in [1.165, 1.54) is 23.1 Å². The van der Waals surface area contributed by atoms with E-state index in [9.17, 15) is 4.79 Å². The molecule has 3 aromatic rings. The van der Waals surface area contributed by atoms with Crippen LogP contribution in [0.15, 0.2) is 27.8 Å². The molecule has 3 rings (SSSR count). The number of carbonyl (C=O) groups excluding carboxylic acids is 1. The average molecular weight is 429 g/mol. The Morgan fingerprint density at radius 1 is 1.23 bits per heavy atom. The van der Waals surface area contributed by atoms with Gasteiger partial charge in [-0.25, -0.2) is 4.98 Å². The van der Waals surface area contributed by atoms with Gasteiger partial charge in [-0.15, -0.1) is 21.5 Å². The molecule has 0 radical (unpaired) electrons. The van der Waals surface area contributed by atoms with Crippen molar-refractivity contribution in [1.29, 1.82) is 0 Å². The Balaban J connectivity index is 1.67. The fraction of sp³-hybridized carbons (Fsp3) is 0.250. The number of anilines is 1. The number of nitrogens with one attached hydrogen (secondary N) is 1. The van der Waals surface area contributed by atoms with Crippen LogP contribution in [0.3, 0.4) is 0 Å². The van der Waals surface area contributed by atoms with Crippen molar-refractivity contribution >= 4 is 57.9 Å². The topological polar surface area (TPSA) is 80.9 Å². The minimum Gasteiger partial charge on any atom is -0.410 e. The van der Waals surface area contributed by atoms with Gasteiger partial charge in [0.05, 0.1) is 16.0 Å². The lowest BCUT2D eigenvalue weighted by Gasteiger charge is -2.10. The van der Waals surface area contributed by atoms with Gasteiger partial charge in [0.1, 0.15) is 4.88 Å². The number of rotatable bonds is 5. The zero-order valence-electron chi connectivity index (χ0n) is 14.0. The summed E-state index contributed by atoms with van der Waals surface area (Å²) in [5.74, 6) is 0.183. The summed E-state index contributed by atoms with van der Waals surface area (Å²) in [6, 6.07) is 4.85. The van der Waals surface area contributed by atoms with Crippen molar-refractivity contribution in [2.45, 2.75) is 31.2 Å². The third-order valence-corrected chi connectivity index (χ3v) is 5.71. The first-order valence-corrected chi connectivity index (χ1v) is 9.98. The second kappa shape index (κ2) is 7.96. The average Bonchev–Trinajstić information content (AvgIpc) is 3.12. The number of nitrogens with zero attached hydrogens (tertiary/aromatic N) is 3. The van der Waals surface area contributed by atoms with Crippen LogP contribution in [-0.2, 0) is 4.79 Å². The van der Waals surface area contributed by atoms with E-state index in [0.717, 1.165) is 15.6 Å². The van der Waals surface area contributed by atoms with Crippen LogP contribution in [0.2, 0.25) is 10.0 Å². The van der Waals surface area contributed by atoms with Crippen molar-refractivity contribution in [3.05, 3.63) is 38.9 Å². The van der Waals surface area contributed by atoms with E-state index in [2.05, 4.69) is 20.5 Å². The number of carbonyl (C=O) groups is 1. The molecule has 10 heteroatoms. The molecule has 2 aromatic heterocycles. The molecule has 0 aliphatic carbocycles. The Labute approximate surface area is 168 Å². The highest BCUT2D eigenvalue weighted by molar-refractivity contribution is 8.00. The molecule has 1 N–H and O–H groups in total. The van der Waals surface area contributed by atoms with Crippen LogP contribution in [0.1, 0.15) is 17.6 Å². The lowest BCUT2D eigenvalue weighted by molar-refractivity contribution is -0.115. The maximum absolute atomic E-state index is 12.4. The molecule has 1 unspecified atom stereocenters. The quantitative estimate of drug-likeness (QED) is 0.559. The molecule has 2 heterocycles. The predicted octanol–water partition coefficient (Wildman–Crippen LogP) is 5.24. The van der Waals surface area contributed by atoms with Crippen molar-refractivity contribution in [3.63, 3.8) is 0 Å². The minimum atomic E-state index is -0.453. The monoisotopic (exact) mass is 428 g/mol. The first-order valence-electron chi connectivity index (χ1n) is 7.53. The summed E-state index contributed by atoms with van der Waals surface area (Å²) in [7, 11) is 0. The van der Waals surface area contributed by atoms with Crippen LogP contribution in [0, 0.1) is 13.8 Å². The van der Waals surface area contributed by atoms with E-state index in [0.29, 0.717) is 26.8 Å². The zero-order valence-corrected chi connectivity index (χ0v) is 17.2. The molecule has 0 fully saturated rings. The van der Waals surface area contributed by atoms with Crippen LogP contribution in [0.25, 0.3) is 10.8 Å². The van der Waals surface area contributed by atoms with Crippen LogP contribution in [0.4, 0.5) is 5.69 Å². The minimum absolute atomic E-state index is 0.224. The summed E-state index contributed by atoms with van der Waals surface area (Å²) in [5.41, 5.74) is 1.37. The molecular formula is C16H14Cl2N4O2S2. The molecule has 1 amide bonds. The Bertz CT molecular complexity index is 937. The highest BCUT2D eigenvalue weighted by Crippen LogP contribution is 2.32. The predicted molar refractivity (Wildman–Crippen MR) is 105 cm³/mol. The van der Waals surface area contributed by atoms with Gasteiger partial charge in [-0.2, -0.15) is 0 Å². The van der Waals surface area contributed by atoms with Gasteiger partial charge in [0.25, 0.3) is 11.1 Å². The van der Waals surface area contributed by atoms with Crippen LogP contribution >= 0.6 is 46.3 Å². The van der Waals surface area contributed by atoms with Gasteiger partial charge < -0.3 is 9.73 Å². The Hall–Kier alpha value is -1.61. The summed E-state index contributed by atoms with van der Waals surface area (Å²) < 4.78 is 5.66. The number of aromatic nitrogens is 3. The molecular weight excluding hydrogens is 415 g/mol. The van der Waals surface area contributed by atoms with Gasteiger partial charge in [0, 0.05) is 15.7 Å². The SMILES string of the molecule is Cc1nc(C)c(-c2nnc(SC(C)C(=O)Nc3cc(Cl)cc(Cl)c3)o2)s1. The largest absolute Gasteiger partial charge is 0.410 e. The fourth-order valence-electron chi connectivity index (χ4n) is 2.15. The highest BCUT2D eigenvalue weighted by atomic mass is 35.5.